The van der Waals surface area contributed by atoms with E-state index in [0.717, 1.165) is 29.8 Å². The molecule has 8 nitrogen and oxygen atoms in total. The fourth-order valence-electron chi connectivity index (χ4n) is 2.77. The van der Waals surface area contributed by atoms with Crippen LogP contribution in [0.3, 0.4) is 0 Å². The number of nitrogens with zero attached hydrogens (tertiary/aromatic N) is 2. The maximum atomic E-state index is 12.1. The second-order valence-electron chi connectivity index (χ2n) is 6.93. The molecule has 0 aliphatic rings. The number of methoxy groups -OCH3 is 1. The molecule has 31 heavy (non-hydrogen) atoms. The molecule has 0 saturated heterocycles. The number of rotatable bonds is 12. The Morgan fingerprint density at radius 3 is 2.71 bits per heavy atom. The van der Waals surface area contributed by atoms with E-state index in [2.05, 4.69) is 32.0 Å². The van der Waals surface area contributed by atoms with Crippen molar-refractivity contribution >= 4 is 11.9 Å². The lowest BCUT2D eigenvalue weighted by molar-refractivity contribution is 0.0954. The molecule has 8 heteroatoms. The molecule has 168 valence electrons. The first-order valence-corrected chi connectivity index (χ1v) is 10.6. The van der Waals surface area contributed by atoms with Crippen molar-refractivity contribution in [3.05, 3.63) is 59.4 Å². The zero-order valence-corrected chi connectivity index (χ0v) is 18.6. The summed E-state index contributed by atoms with van der Waals surface area (Å²) in [5.41, 5.74) is 2.70. The van der Waals surface area contributed by atoms with Crippen LogP contribution < -0.4 is 20.7 Å². The SMILES string of the molecule is CCNC(=NCc1ccc(C)cc1OCCCOC)NCCNC(=O)c1cccnc1. The zero-order valence-electron chi connectivity index (χ0n) is 18.6. The summed E-state index contributed by atoms with van der Waals surface area (Å²) in [5, 5.41) is 9.33. The van der Waals surface area contributed by atoms with Crippen molar-refractivity contribution in [2.75, 3.05) is 40.0 Å². The first-order valence-electron chi connectivity index (χ1n) is 10.6. The van der Waals surface area contributed by atoms with Crippen molar-refractivity contribution in [2.45, 2.75) is 26.8 Å². The van der Waals surface area contributed by atoms with Gasteiger partial charge in [-0.1, -0.05) is 12.1 Å². The fourth-order valence-corrected chi connectivity index (χ4v) is 2.77. The molecule has 0 saturated carbocycles. The van der Waals surface area contributed by atoms with E-state index in [9.17, 15) is 4.79 Å². The molecule has 2 aromatic rings. The molecule has 0 radical (unpaired) electrons. The maximum absolute atomic E-state index is 12.1. The molecule has 0 aliphatic heterocycles. The lowest BCUT2D eigenvalue weighted by atomic mass is 10.1. The van der Waals surface area contributed by atoms with Gasteiger partial charge in [0.25, 0.3) is 5.91 Å². The monoisotopic (exact) mass is 427 g/mol. The predicted molar refractivity (Wildman–Crippen MR) is 123 cm³/mol. The van der Waals surface area contributed by atoms with Gasteiger partial charge in [0.05, 0.1) is 18.7 Å². The molecular formula is C23H33N5O3. The van der Waals surface area contributed by atoms with Crippen molar-refractivity contribution in [1.29, 1.82) is 0 Å². The van der Waals surface area contributed by atoms with E-state index >= 15 is 0 Å². The molecule has 0 spiro atoms. The third-order valence-corrected chi connectivity index (χ3v) is 4.35. The molecule has 2 rings (SSSR count). The van der Waals surface area contributed by atoms with Crippen molar-refractivity contribution in [2.24, 2.45) is 4.99 Å². The molecule has 1 amide bonds. The minimum atomic E-state index is -0.147. The highest BCUT2D eigenvalue weighted by Gasteiger charge is 2.06. The van der Waals surface area contributed by atoms with Crippen LogP contribution in [0.5, 0.6) is 5.75 Å². The van der Waals surface area contributed by atoms with Crippen LogP contribution in [0.4, 0.5) is 0 Å². The van der Waals surface area contributed by atoms with Gasteiger partial charge in [-0.2, -0.15) is 0 Å². The van der Waals surface area contributed by atoms with Gasteiger partial charge < -0.3 is 25.4 Å². The van der Waals surface area contributed by atoms with Gasteiger partial charge in [0.1, 0.15) is 5.75 Å². The summed E-state index contributed by atoms with van der Waals surface area (Å²) in [4.78, 5) is 20.7. The maximum Gasteiger partial charge on any atom is 0.252 e. The van der Waals surface area contributed by atoms with Crippen LogP contribution in [0.1, 0.15) is 34.8 Å². The van der Waals surface area contributed by atoms with Gasteiger partial charge in [0, 0.05) is 57.7 Å². The quantitative estimate of drug-likeness (QED) is 0.273. The number of hydrogen-bond acceptors (Lipinski definition) is 5. The second-order valence-corrected chi connectivity index (χ2v) is 6.93. The smallest absolute Gasteiger partial charge is 0.252 e. The van der Waals surface area contributed by atoms with Gasteiger partial charge in [-0.05, 0) is 37.6 Å². The zero-order chi connectivity index (χ0) is 22.3. The summed E-state index contributed by atoms with van der Waals surface area (Å²) < 4.78 is 11.0. The van der Waals surface area contributed by atoms with Crippen LogP contribution in [0.25, 0.3) is 0 Å². The summed E-state index contributed by atoms with van der Waals surface area (Å²) in [6.07, 6.45) is 4.02. The fraction of sp³-hybridized carbons (Fsp3) is 0.435. The second kappa shape index (κ2) is 14.0. The van der Waals surface area contributed by atoms with E-state index in [1.807, 2.05) is 26.0 Å². The van der Waals surface area contributed by atoms with Crippen LogP contribution in [0.2, 0.25) is 0 Å². The average Bonchev–Trinajstić information content (AvgIpc) is 2.79. The number of carbonyl (C=O) groups excluding carboxylic acids is 1. The summed E-state index contributed by atoms with van der Waals surface area (Å²) in [6, 6.07) is 9.61. The number of carbonyl (C=O) groups is 1. The Morgan fingerprint density at radius 2 is 1.97 bits per heavy atom. The highest BCUT2D eigenvalue weighted by molar-refractivity contribution is 5.93. The topological polar surface area (TPSA) is 96.9 Å². The van der Waals surface area contributed by atoms with Gasteiger partial charge in [0.2, 0.25) is 0 Å². The number of nitrogens with one attached hydrogen (secondary N) is 3. The van der Waals surface area contributed by atoms with E-state index < -0.39 is 0 Å². The highest BCUT2D eigenvalue weighted by atomic mass is 16.5. The number of aryl methyl sites for hydroxylation is 1. The normalized spacial score (nSPS) is 11.1. The van der Waals surface area contributed by atoms with E-state index in [4.69, 9.17) is 9.47 Å². The van der Waals surface area contributed by atoms with Crippen LogP contribution in [0.15, 0.2) is 47.7 Å². The number of aromatic nitrogens is 1. The minimum Gasteiger partial charge on any atom is -0.493 e. The standard InChI is InChI=1S/C23H33N5O3/c1-4-25-23(27-12-11-26-22(29)20-7-5-10-24-16-20)28-17-19-9-8-18(2)15-21(19)31-14-6-13-30-3/h5,7-10,15-16H,4,6,11-14,17H2,1-3H3,(H,26,29)(H2,25,27,28). The first-order chi connectivity index (χ1) is 15.1. The Bertz CT molecular complexity index is 827. The minimum absolute atomic E-state index is 0.147. The van der Waals surface area contributed by atoms with Crippen molar-refractivity contribution in [3.63, 3.8) is 0 Å². The number of pyridine rings is 1. The van der Waals surface area contributed by atoms with Gasteiger partial charge in [-0.3, -0.25) is 9.78 Å². The third-order valence-electron chi connectivity index (χ3n) is 4.35. The predicted octanol–water partition coefficient (Wildman–Crippen LogP) is 2.29. The Hall–Kier alpha value is -3.13. The van der Waals surface area contributed by atoms with Crippen LogP contribution >= 0.6 is 0 Å². The van der Waals surface area contributed by atoms with E-state index in [1.54, 1.807) is 31.6 Å². The lowest BCUT2D eigenvalue weighted by Crippen LogP contribution is -2.41. The lowest BCUT2D eigenvalue weighted by Gasteiger charge is -2.14. The molecule has 0 fully saturated rings. The van der Waals surface area contributed by atoms with E-state index in [1.165, 1.54) is 0 Å². The van der Waals surface area contributed by atoms with E-state index in [-0.39, 0.29) is 5.91 Å². The molecule has 3 N–H and O–H groups in total. The van der Waals surface area contributed by atoms with Crippen LogP contribution in [0, 0.1) is 6.92 Å². The third kappa shape index (κ3) is 9.04. The van der Waals surface area contributed by atoms with Crippen molar-refractivity contribution in [1.82, 2.24) is 20.9 Å². The van der Waals surface area contributed by atoms with E-state index in [0.29, 0.717) is 44.4 Å². The largest absolute Gasteiger partial charge is 0.493 e. The summed E-state index contributed by atoms with van der Waals surface area (Å²) >= 11 is 0. The van der Waals surface area contributed by atoms with Crippen molar-refractivity contribution < 1.29 is 14.3 Å². The molecule has 0 atom stereocenters. The summed E-state index contributed by atoms with van der Waals surface area (Å²) in [6.45, 7) is 7.56. The van der Waals surface area contributed by atoms with Gasteiger partial charge in [-0.15, -0.1) is 0 Å². The number of guanidine groups is 1. The Kier molecular flexibility index (Phi) is 10.9. The molecule has 1 aromatic heterocycles. The highest BCUT2D eigenvalue weighted by Crippen LogP contribution is 2.21. The van der Waals surface area contributed by atoms with Crippen molar-refractivity contribution in [3.8, 4) is 5.75 Å². The van der Waals surface area contributed by atoms with Gasteiger partial charge >= 0.3 is 0 Å². The molecular weight excluding hydrogens is 394 g/mol. The number of benzene rings is 1. The average molecular weight is 428 g/mol. The number of ether oxygens (including phenoxy) is 2. The Balaban J connectivity index is 1.88. The Labute approximate surface area is 184 Å². The number of aliphatic imine (C=N–C) groups is 1. The van der Waals surface area contributed by atoms with Gasteiger partial charge in [-0.25, -0.2) is 4.99 Å². The molecule has 1 aromatic carbocycles. The first kappa shape index (κ1) is 24.1. The molecule has 0 unspecified atom stereocenters. The van der Waals surface area contributed by atoms with Crippen LogP contribution in [-0.4, -0.2) is 56.8 Å². The molecule has 0 aliphatic carbocycles. The van der Waals surface area contributed by atoms with Gasteiger partial charge in [0.15, 0.2) is 5.96 Å². The summed E-state index contributed by atoms with van der Waals surface area (Å²) in [5.74, 6) is 1.38. The number of hydrogen-bond donors (Lipinski definition) is 3. The number of amides is 1. The molecule has 0 bridgehead atoms. The summed E-state index contributed by atoms with van der Waals surface area (Å²) in [7, 11) is 1.69. The molecule has 1 heterocycles. The Morgan fingerprint density at radius 1 is 1.13 bits per heavy atom. The van der Waals surface area contributed by atoms with Crippen LogP contribution in [-0.2, 0) is 11.3 Å².